The summed E-state index contributed by atoms with van der Waals surface area (Å²) in [6.07, 6.45) is -0.474. The summed E-state index contributed by atoms with van der Waals surface area (Å²) < 4.78 is 0. The molecule has 2 unspecified atom stereocenters. The molecule has 0 saturated heterocycles. The molecule has 1 aromatic rings. The molecule has 0 saturated carbocycles. The Morgan fingerprint density at radius 3 is 2.67 bits per heavy atom. The summed E-state index contributed by atoms with van der Waals surface area (Å²) in [4.78, 5) is 3.98. The number of rotatable bonds is 4. The molecule has 0 amide bonds. The molecule has 0 bridgehead atoms. The molecule has 1 rings (SSSR count). The van der Waals surface area contributed by atoms with Gasteiger partial charge in [0.1, 0.15) is 6.10 Å². The number of aromatic nitrogens is 1. The highest BCUT2D eigenvalue weighted by atomic mass is 16.3. The fraction of sp³-hybridized carbons (Fsp3) is 0.500. The zero-order valence-corrected chi connectivity index (χ0v) is 8.59. The van der Waals surface area contributed by atoms with Gasteiger partial charge < -0.3 is 21.1 Å². The van der Waals surface area contributed by atoms with Crippen LogP contribution in [0.4, 0.5) is 5.69 Å². The smallest absolute Gasteiger partial charge is 0.106 e. The van der Waals surface area contributed by atoms with Crippen molar-refractivity contribution in [1.82, 2.24) is 4.98 Å². The van der Waals surface area contributed by atoms with Crippen molar-refractivity contribution in [2.24, 2.45) is 0 Å². The lowest BCUT2D eigenvalue weighted by Crippen LogP contribution is -2.20. The first kappa shape index (κ1) is 11.9. The molecule has 0 aromatic carbocycles. The van der Waals surface area contributed by atoms with Gasteiger partial charge in [0.05, 0.1) is 17.5 Å². The van der Waals surface area contributed by atoms with Crippen molar-refractivity contribution in [3.63, 3.8) is 0 Å². The summed E-state index contributed by atoms with van der Waals surface area (Å²) in [5, 5.41) is 27.8. The number of hydrogen-bond donors (Lipinski definition) is 4. The minimum Gasteiger partial charge on any atom is -0.397 e. The lowest BCUT2D eigenvalue weighted by Gasteiger charge is -2.17. The summed E-state index contributed by atoms with van der Waals surface area (Å²) in [5.74, 6) is 0. The summed E-state index contributed by atoms with van der Waals surface area (Å²) in [7, 11) is 0. The van der Waals surface area contributed by atoms with Gasteiger partial charge >= 0.3 is 0 Å². The van der Waals surface area contributed by atoms with Crippen LogP contribution in [0.25, 0.3) is 0 Å². The van der Waals surface area contributed by atoms with E-state index in [2.05, 4.69) is 4.98 Å². The summed E-state index contributed by atoms with van der Waals surface area (Å²) in [6.45, 7) is 1.59. The Balaban J connectivity index is 2.81. The fourth-order valence-electron chi connectivity index (χ4n) is 1.24. The van der Waals surface area contributed by atoms with Crippen LogP contribution in [0.1, 0.15) is 23.8 Å². The van der Waals surface area contributed by atoms with E-state index in [9.17, 15) is 10.2 Å². The van der Waals surface area contributed by atoms with Crippen LogP contribution in [0.2, 0.25) is 0 Å². The van der Waals surface area contributed by atoms with Crippen LogP contribution < -0.4 is 5.73 Å². The molecule has 5 nitrogen and oxygen atoms in total. The molecule has 84 valence electrons. The predicted octanol–water partition coefficient (Wildman–Crippen LogP) is -0.251. The van der Waals surface area contributed by atoms with E-state index in [4.69, 9.17) is 10.8 Å². The summed E-state index contributed by atoms with van der Waals surface area (Å²) in [6, 6.07) is 1.58. The van der Waals surface area contributed by atoms with E-state index >= 15 is 0 Å². The third kappa shape index (κ3) is 2.89. The maximum absolute atomic E-state index is 9.68. The van der Waals surface area contributed by atoms with Crippen molar-refractivity contribution >= 4 is 5.69 Å². The third-order valence-corrected chi connectivity index (χ3v) is 2.28. The number of anilines is 1. The predicted molar refractivity (Wildman–Crippen MR) is 56.1 cm³/mol. The number of nitrogen functional groups attached to an aromatic ring is 1. The minimum absolute atomic E-state index is 0.120. The molecule has 0 aliphatic carbocycles. The lowest BCUT2D eigenvalue weighted by atomic mass is 10.0. The van der Waals surface area contributed by atoms with Gasteiger partial charge in [0.2, 0.25) is 0 Å². The van der Waals surface area contributed by atoms with Crippen LogP contribution >= 0.6 is 0 Å². The molecule has 2 atom stereocenters. The Morgan fingerprint density at radius 2 is 2.13 bits per heavy atom. The van der Waals surface area contributed by atoms with Gasteiger partial charge in [0.15, 0.2) is 0 Å². The monoisotopic (exact) mass is 212 g/mol. The van der Waals surface area contributed by atoms with Gasteiger partial charge in [-0.25, -0.2) is 0 Å². The zero-order chi connectivity index (χ0) is 11.4. The second kappa shape index (κ2) is 5.06. The van der Waals surface area contributed by atoms with Crippen molar-refractivity contribution in [1.29, 1.82) is 0 Å². The standard InChI is InChI=1S/C10H16N2O3/c1-6-8(11)4-7(5-12-6)10(15)9(14)2-3-13/h4-5,9-10,13-15H,2-3,11H2,1H3. The molecule has 0 aliphatic heterocycles. The Kier molecular flexibility index (Phi) is 4.02. The van der Waals surface area contributed by atoms with E-state index < -0.39 is 12.2 Å². The molecule has 5 N–H and O–H groups in total. The van der Waals surface area contributed by atoms with E-state index in [-0.39, 0.29) is 13.0 Å². The first-order chi connectivity index (χ1) is 7.06. The molecule has 1 heterocycles. The van der Waals surface area contributed by atoms with Gasteiger partial charge in [-0.3, -0.25) is 4.98 Å². The van der Waals surface area contributed by atoms with Crippen LogP contribution in [-0.4, -0.2) is 33.0 Å². The van der Waals surface area contributed by atoms with Gasteiger partial charge in [-0.15, -0.1) is 0 Å². The highest BCUT2D eigenvalue weighted by Crippen LogP contribution is 2.21. The summed E-state index contributed by atoms with van der Waals surface area (Å²) in [5.41, 5.74) is 7.24. The van der Waals surface area contributed by atoms with Crippen molar-refractivity contribution in [2.45, 2.75) is 25.6 Å². The number of nitrogens with zero attached hydrogens (tertiary/aromatic N) is 1. The quantitative estimate of drug-likeness (QED) is 0.551. The number of nitrogens with two attached hydrogens (primary N) is 1. The van der Waals surface area contributed by atoms with Crippen LogP contribution in [0.15, 0.2) is 12.3 Å². The second-order valence-corrected chi connectivity index (χ2v) is 3.47. The Morgan fingerprint density at radius 1 is 1.47 bits per heavy atom. The van der Waals surface area contributed by atoms with E-state index in [0.717, 1.165) is 0 Å². The van der Waals surface area contributed by atoms with Crippen LogP contribution in [0, 0.1) is 6.92 Å². The van der Waals surface area contributed by atoms with Crippen molar-refractivity contribution < 1.29 is 15.3 Å². The van der Waals surface area contributed by atoms with Crippen molar-refractivity contribution in [3.05, 3.63) is 23.5 Å². The number of aliphatic hydroxyl groups excluding tert-OH is 3. The first-order valence-electron chi connectivity index (χ1n) is 4.75. The molecule has 0 aliphatic rings. The lowest BCUT2D eigenvalue weighted by molar-refractivity contribution is 0.00406. The van der Waals surface area contributed by atoms with Crippen LogP contribution in [0.3, 0.4) is 0 Å². The highest BCUT2D eigenvalue weighted by molar-refractivity contribution is 5.44. The third-order valence-electron chi connectivity index (χ3n) is 2.28. The molecule has 15 heavy (non-hydrogen) atoms. The topological polar surface area (TPSA) is 99.6 Å². The molecular formula is C10H16N2O3. The molecule has 0 fully saturated rings. The average Bonchev–Trinajstić information content (AvgIpc) is 2.21. The van der Waals surface area contributed by atoms with Crippen molar-refractivity contribution in [2.75, 3.05) is 12.3 Å². The van der Waals surface area contributed by atoms with E-state index in [1.807, 2.05) is 0 Å². The Bertz CT molecular complexity index is 330. The molecular weight excluding hydrogens is 196 g/mol. The maximum Gasteiger partial charge on any atom is 0.106 e. The van der Waals surface area contributed by atoms with E-state index in [1.54, 1.807) is 13.0 Å². The maximum atomic E-state index is 9.68. The summed E-state index contributed by atoms with van der Waals surface area (Å²) >= 11 is 0. The van der Waals surface area contributed by atoms with E-state index in [0.29, 0.717) is 16.9 Å². The molecule has 0 spiro atoms. The zero-order valence-electron chi connectivity index (χ0n) is 8.59. The SMILES string of the molecule is Cc1ncc(C(O)C(O)CCO)cc1N. The number of aryl methyl sites for hydroxylation is 1. The number of hydrogen-bond acceptors (Lipinski definition) is 5. The van der Waals surface area contributed by atoms with Crippen LogP contribution in [-0.2, 0) is 0 Å². The minimum atomic E-state index is -1.06. The van der Waals surface area contributed by atoms with Gasteiger partial charge in [-0.1, -0.05) is 0 Å². The van der Waals surface area contributed by atoms with Gasteiger partial charge in [0, 0.05) is 18.4 Å². The fourth-order valence-corrected chi connectivity index (χ4v) is 1.24. The van der Waals surface area contributed by atoms with E-state index in [1.165, 1.54) is 6.20 Å². The Hall–Kier alpha value is -1.17. The molecule has 1 aromatic heterocycles. The van der Waals surface area contributed by atoms with Crippen molar-refractivity contribution in [3.8, 4) is 0 Å². The number of aliphatic hydroxyl groups is 3. The second-order valence-electron chi connectivity index (χ2n) is 3.47. The van der Waals surface area contributed by atoms with Gasteiger partial charge in [-0.2, -0.15) is 0 Å². The highest BCUT2D eigenvalue weighted by Gasteiger charge is 2.18. The normalized spacial score (nSPS) is 14.9. The number of pyridine rings is 1. The first-order valence-corrected chi connectivity index (χ1v) is 4.75. The molecule has 5 heteroatoms. The Labute approximate surface area is 88.2 Å². The average molecular weight is 212 g/mol. The van der Waals surface area contributed by atoms with Gasteiger partial charge in [0.25, 0.3) is 0 Å². The molecule has 0 radical (unpaired) electrons. The van der Waals surface area contributed by atoms with Crippen LogP contribution in [0.5, 0.6) is 0 Å². The van der Waals surface area contributed by atoms with Gasteiger partial charge in [-0.05, 0) is 19.4 Å². The largest absolute Gasteiger partial charge is 0.397 e.